The summed E-state index contributed by atoms with van der Waals surface area (Å²) in [6.45, 7) is 2.05. The zero-order valence-corrected chi connectivity index (χ0v) is 26.5. The van der Waals surface area contributed by atoms with E-state index in [0.717, 1.165) is 38.5 Å². The number of aliphatic carboxylic acids is 1. The van der Waals surface area contributed by atoms with Gasteiger partial charge in [-0.1, -0.05) is 76.9 Å². The van der Waals surface area contributed by atoms with Gasteiger partial charge in [0.2, 0.25) is 17.7 Å². The Kier molecular flexibility index (Phi) is 25.3. The van der Waals surface area contributed by atoms with Gasteiger partial charge in [0.05, 0.1) is 6.54 Å². The average Bonchev–Trinajstić information content (AvgIpc) is 2.95. The molecule has 11 nitrogen and oxygen atoms in total. The number of carboxylic acid groups (broad SMARTS) is 1. The normalized spacial score (nSPS) is 12.4. The van der Waals surface area contributed by atoms with E-state index in [1.807, 2.05) is 0 Å². The number of carbonyl (C=O) groups excluding carboxylic acids is 3. The lowest BCUT2D eigenvalue weighted by Gasteiger charge is -2.18. The molecule has 0 bridgehead atoms. The number of unbranched alkanes of at least 4 members (excludes halogenated alkanes) is 12. The Morgan fingerprint density at radius 1 is 0.786 bits per heavy atom. The molecule has 0 saturated heterocycles. The second-order valence-electron chi connectivity index (χ2n) is 10.6. The van der Waals surface area contributed by atoms with Crippen molar-refractivity contribution in [2.75, 3.05) is 18.8 Å². The van der Waals surface area contributed by atoms with Gasteiger partial charge >= 0.3 is 5.97 Å². The van der Waals surface area contributed by atoms with Crippen LogP contribution in [0.1, 0.15) is 116 Å². The molecule has 0 aliphatic heterocycles. The van der Waals surface area contributed by atoms with E-state index in [2.05, 4.69) is 52.6 Å². The maximum Gasteiger partial charge on any atom is 0.326 e. The first-order chi connectivity index (χ1) is 20.2. The van der Waals surface area contributed by atoms with Crippen LogP contribution in [0.3, 0.4) is 0 Å². The lowest BCUT2D eigenvalue weighted by molar-refractivity contribution is -0.142. The summed E-state index contributed by atoms with van der Waals surface area (Å²) in [5.41, 5.74) is 10.5. The molecule has 3 amide bonds. The van der Waals surface area contributed by atoms with E-state index in [0.29, 0.717) is 12.8 Å². The maximum atomic E-state index is 12.4. The molecule has 0 aliphatic carbocycles. The molecule has 0 radical (unpaired) electrons. The highest BCUT2D eigenvalue weighted by Gasteiger charge is 2.22. The molecule has 0 spiro atoms. The van der Waals surface area contributed by atoms with Crippen LogP contribution in [0.25, 0.3) is 0 Å². The molecule has 0 saturated carbocycles. The van der Waals surface area contributed by atoms with Crippen molar-refractivity contribution in [1.82, 2.24) is 16.0 Å². The molecular weight excluding hydrogens is 556 g/mol. The smallest absolute Gasteiger partial charge is 0.326 e. The number of aliphatic imine (C=N–C) groups is 1. The van der Waals surface area contributed by atoms with E-state index in [1.54, 1.807) is 0 Å². The van der Waals surface area contributed by atoms with Crippen LogP contribution in [0.4, 0.5) is 0 Å². The average molecular weight is 613 g/mol. The van der Waals surface area contributed by atoms with E-state index >= 15 is 0 Å². The number of amides is 3. The summed E-state index contributed by atoms with van der Waals surface area (Å²) in [6.07, 6.45) is 22.1. The molecule has 0 unspecified atom stereocenters. The topological polar surface area (TPSA) is 189 Å². The van der Waals surface area contributed by atoms with E-state index in [1.165, 1.54) is 51.4 Å². The number of carboxylic acids is 1. The predicted octanol–water partition coefficient (Wildman–Crippen LogP) is 3.57. The molecule has 2 atom stereocenters. The minimum Gasteiger partial charge on any atom is -0.480 e. The van der Waals surface area contributed by atoms with Gasteiger partial charge in [-0.15, -0.1) is 0 Å². The van der Waals surface area contributed by atoms with Crippen LogP contribution < -0.4 is 27.4 Å². The predicted molar refractivity (Wildman–Crippen MR) is 172 cm³/mol. The third-order valence-electron chi connectivity index (χ3n) is 6.75. The Hall–Kier alpha value is -2.76. The van der Waals surface area contributed by atoms with Gasteiger partial charge in [-0.3, -0.25) is 19.4 Å². The Labute approximate surface area is 257 Å². The van der Waals surface area contributed by atoms with Gasteiger partial charge in [-0.25, -0.2) is 4.79 Å². The SMILES string of the molecule is CCCCCCCCC/C=C/CCCCCCCC(=O)N[C@@H](CS)C(=O)NCC(=O)N[C@@H](CCCN=C(N)N)C(=O)O. The van der Waals surface area contributed by atoms with Gasteiger partial charge in [-0.2, -0.15) is 12.6 Å². The van der Waals surface area contributed by atoms with Crippen molar-refractivity contribution in [3.63, 3.8) is 0 Å². The lowest BCUT2D eigenvalue weighted by Crippen LogP contribution is -2.51. The highest BCUT2D eigenvalue weighted by Crippen LogP contribution is 2.10. The summed E-state index contributed by atoms with van der Waals surface area (Å²) in [7, 11) is 0. The van der Waals surface area contributed by atoms with Crippen molar-refractivity contribution in [2.24, 2.45) is 16.5 Å². The quantitative estimate of drug-likeness (QED) is 0.0243. The number of guanidine groups is 1. The zero-order valence-electron chi connectivity index (χ0n) is 25.6. The van der Waals surface area contributed by atoms with Gasteiger partial charge in [0, 0.05) is 18.7 Å². The molecule has 242 valence electrons. The second-order valence-corrected chi connectivity index (χ2v) is 11.0. The Balaban J connectivity index is 4.00. The summed E-state index contributed by atoms with van der Waals surface area (Å²) >= 11 is 4.13. The summed E-state index contributed by atoms with van der Waals surface area (Å²) in [5, 5.41) is 16.7. The second kappa shape index (κ2) is 27.1. The van der Waals surface area contributed by atoms with Gasteiger partial charge in [0.1, 0.15) is 12.1 Å². The fraction of sp³-hybridized carbons (Fsp3) is 0.767. The van der Waals surface area contributed by atoms with Gasteiger partial charge < -0.3 is 32.5 Å². The molecule has 0 aromatic carbocycles. The molecule has 0 fully saturated rings. The third kappa shape index (κ3) is 23.9. The number of allylic oxidation sites excluding steroid dienone is 2. The molecular formula is C30H56N6O5S. The van der Waals surface area contributed by atoms with Crippen LogP contribution in [0.2, 0.25) is 0 Å². The van der Waals surface area contributed by atoms with Crippen molar-refractivity contribution >= 4 is 42.3 Å². The van der Waals surface area contributed by atoms with Crippen LogP contribution >= 0.6 is 12.6 Å². The third-order valence-corrected chi connectivity index (χ3v) is 7.12. The summed E-state index contributed by atoms with van der Waals surface area (Å²) in [6, 6.07) is -2.03. The highest BCUT2D eigenvalue weighted by molar-refractivity contribution is 7.80. The Morgan fingerprint density at radius 2 is 1.33 bits per heavy atom. The monoisotopic (exact) mass is 612 g/mol. The number of nitrogens with zero attached hydrogens (tertiary/aromatic N) is 1. The number of nitrogens with one attached hydrogen (secondary N) is 3. The first kappa shape index (κ1) is 39.2. The minimum atomic E-state index is -1.20. The summed E-state index contributed by atoms with van der Waals surface area (Å²) in [4.78, 5) is 52.0. The van der Waals surface area contributed by atoms with Gasteiger partial charge in [-0.05, 0) is 44.9 Å². The maximum absolute atomic E-state index is 12.4. The number of hydrogen-bond donors (Lipinski definition) is 7. The first-order valence-electron chi connectivity index (χ1n) is 15.6. The molecule has 0 aromatic heterocycles. The molecule has 0 aromatic rings. The summed E-state index contributed by atoms with van der Waals surface area (Å²) in [5.74, 6) is -2.70. The highest BCUT2D eigenvalue weighted by atomic mass is 32.1. The fourth-order valence-corrected chi connectivity index (χ4v) is 4.55. The number of rotatable bonds is 27. The molecule has 0 rings (SSSR count). The van der Waals surface area contributed by atoms with Crippen molar-refractivity contribution in [1.29, 1.82) is 0 Å². The van der Waals surface area contributed by atoms with Crippen LogP contribution in [0.5, 0.6) is 0 Å². The molecule has 0 aliphatic rings. The van der Waals surface area contributed by atoms with E-state index in [4.69, 9.17) is 11.5 Å². The minimum absolute atomic E-state index is 0.0637. The van der Waals surface area contributed by atoms with Crippen LogP contribution in [0, 0.1) is 0 Å². The zero-order chi connectivity index (χ0) is 31.4. The number of hydrogen-bond acceptors (Lipinski definition) is 6. The number of carbonyl (C=O) groups is 4. The molecule has 8 N–H and O–H groups in total. The van der Waals surface area contributed by atoms with Crippen molar-refractivity contribution in [3.05, 3.63) is 12.2 Å². The number of thiol groups is 1. The van der Waals surface area contributed by atoms with E-state index in [9.17, 15) is 24.3 Å². The van der Waals surface area contributed by atoms with Crippen LogP contribution in [-0.2, 0) is 19.2 Å². The lowest BCUT2D eigenvalue weighted by atomic mass is 10.1. The fourth-order valence-electron chi connectivity index (χ4n) is 4.29. The summed E-state index contributed by atoms with van der Waals surface area (Å²) < 4.78 is 0. The Bertz CT molecular complexity index is 820. The van der Waals surface area contributed by atoms with Crippen molar-refractivity contribution < 1.29 is 24.3 Å². The largest absolute Gasteiger partial charge is 0.480 e. The number of nitrogens with two attached hydrogens (primary N) is 2. The van der Waals surface area contributed by atoms with Gasteiger partial charge in [0.25, 0.3) is 0 Å². The van der Waals surface area contributed by atoms with Crippen molar-refractivity contribution in [2.45, 2.75) is 128 Å². The van der Waals surface area contributed by atoms with Gasteiger partial charge in [0.15, 0.2) is 5.96 Å². The molecule has 0 heterocycles. The van der Waals surface area contributed by atoms with Crippen molar-refractivity contribution in [3.8, 4) is 0 Å². The van der Waals surface area contributed by atoms with E-state index in [-0.39, 0.29) is 30.6 Å². The van der Waals surface area contributed by atoms with E-state index < -0.39 is 36.4 Å². The molecule has 42 heavy (non-hydrogen) atoms. The Morgan fingerprint density at radius 3 is 1.88 bits per heavy atom. The standard InChI is InChI=1S/C30H56N6O5S/c1-2-3-4-5-6-7-8-9-10-11-12-13-14-15-16-17-20-26(37)36-25(23-42)28(39)34-22-27(38)35-24(29(40)41)19-18-21-33-30(31)32/h10-11,24-25,42H,2-9,12-23H2,1H3,(H,34,39)(H,35,38)(H,36,37)(H,40,41)(H4,31,32,33)/b11-10+/t24-,25-/m0/s1. The first-order valence-corrected chi connectivity index (χ1v) is 16.2. The van der Waals surface area contributed by atoms with Crippen LogP contribution in [-0.4, -0.2) is 65.7 Å². The molecule has 12 heteroatoms. The van der Waals surface area contributed by atoms with Crippen LogP contribution in [0.15, 0.2) is 17.1 Å².